The zero-order valence-corrected chi connectivity index (χ0v) is 21.4. The molecule has 5 heteroatoms. The third kappa shape index (κ3) is 11.4. The summed E-state index contributed by atoms with van der Waals surface area (Å²) in [5.74, 6) is 1.81. The monoisotopic (exact) mass is 461 g/mol. The zero-order chi connectivity index (χ0) is 21.3. The van der Waals surface area contributed by atoms with Crippen LogP contribution in [0.1, 0.15) is 53.0 Å². The summed E-state index contributed by atoms with van der Waals surface area (Å²) in [7, 11) is 5.58. The number of hydrogen-bond acceptors (Lipinski definition) is 1. The number of halogens is 1. The molecule has 0 bridgehead atoms. The zero-order valence-electron chi connectivity index (χ0n) is 19.0. The molecule has 0 aromatic heterocycles. The van der Waals surface area contributed by atoms with Crippen LogP contribution < -0.4 is 0 Å². The molecule has 3 nitrogen and oxygen atoms in total. The van der Waals surface area contributed by atoms with Gasteiger partial charge in [0.1, 0.15) is 6.54 Å². The fourth-order valence-electron chi connectivity index (χ4n) is 3.72. The van der Waals surface area contributed by atoms with Crippen LogP contribution in [0.3, 0.4) is 0 Å². The lowest BCUT2D eigenvalue weighted by Gasteiger charge is -2.35. The van der Waals surface area contributed by atoms with E-state index in [1.807, 2.05) is 17.2 Å². The first kappa shape index (κ1) is 26.8. The lowest BCUT2D eigenvalue weighted by atomic mass is 9.86. The van der Waals surface area contributed by atoms with Gasteiger partial charge in [0.05, 0.1) is 36.4 Å². The van der Waals surface area contributed by atoms with Gasteiger partial charge in [0, 0.05) is 18.5 Å². The standard InChI is InChI=1S/C21H39N2OS.CH3Br/c1-20(2,3)18-21(4,5)25(24)22(6)15-12-16-23(7,8)17-19-13-10-9-11-14-19;1-2/h9-11,13-14H,12,15-18H2,1-8H3;1H3/q+1;. The minimum Gasteiger partial charge on any atom is -0.325 e. The maximum Gasteiger partial charge on any atom is 0.104 e. The molecule has 158 valence electrons. The average molecular weight is 463 g/mol. The third-order valence-corrected chi connectivity index (χ3v) is 6.24. The van der Waals surface area contributed by atoms with Crippen molar-refractivity contribution in [2.75, 3.05) is 40.1 Å². The van der Waals surface area contributed by atoms with Gasteiger partial charge in [0.2, 0.25) is 0 Å². The van der Waals surface area contributed by atoms with Gasteiger partial charge in [-0.05, 0) is 38.6 Å². The average Bonchev–Trinajstić information content (AvgIpc) is 2.54. The molecular weight excluding hydrogens is 420 g/mol. The Labute approximate surface area is 179 Å². The Bertz CT molecular complexity index is 553. The van der Waals surface area contributed by atoms with Crippen molar-refractivity contribution < 1.29 is 8.69 Å². The second-order valence-corrected chi connectivity index (χ2v) is 12.0. The molecule has 27 heavy (non-hydrogen) atoms. The summed E-state index contributed by atoms with van der Waals surface area (Å²) >= 11 is 2.94. The summed E-state index contributed by atoms with van der Waals surface area (Å²) in [6.45, 7) is 13.9. The molecule has 0 heterocycles. The summed E-state index contributed by atoms with van der Waals surface area (Å²) in [6.07, 6.45) is 2.00. The highest BCUT2D eigenvalue weighted by Crippen LogP contribution is 2.31. The quantitative estimate of drug-likeness (QED) is 0.352. The minimum atomic E-state index is -0.961. The van der Waals surface area contributed by atoms with Gasteiger partial charge in [0.25, 0.3) is 0 Å². The Morgan fingerprint density at radius 2 is 1.56 bits per heavy atom. The van der Waals surface area contributed by atoms with Crippen molar-refractivity contribution in [1.82, 2.24) is 4.31 Å². The van der Waals surface area contributed by atoms with E-state index in [0.29, 0.717) is 0 Å². The van der Waals surface area contributed by atoms with E-state index in [0.717, 1.165) is 37.0 Å². The van der Waals surface area contributed by atoms with Crippen molar-refractivity contribution in [2.45, 2.75) is 58.8 Å². The Morgan fingerprint density at radius 3 is 2.04 bits per heavy atom. The molecule has 0 saturated carbocycles. The third-order valence-electron chi connectivity index (χ3n) is 4.40. The maximum absolute atomic E-state index is 12.9. The van der Waals surface area contributed by atoms with Crippen molar-refractivity contribution in [3.05, 3.63) is 35.9 Å². The van der Waals surface area contributed by atoms with Gasteiger partial charge in [0.15, 0.2) is 0 Å². The SMILES string of the molecule is CBr.CN(CCC[N+](C)(C)Cc1ccccc1)S(=O)C(C)(C)CC(C)(C)C. The van der Waals surface area contributed by atoms with Crippen LogP contribution in [0.5, 0.6) is 0 Å². The first-order chi connectivity index (χ1) is 12.3. The highest BCUT2D eigenvalue weighted by molar-refractivity contribution is 9.08. The van der Waals surface area contributed by atoms with Crippen LogP contribution in [-0.4, -0.2) is 57.8 Å². The van der Waals surface area contributed by atoms with E-state index >= 15 is 0 Å². The second-order valence-electron chi connectivity index (χ2n) is 9.75. The van der Waals surface area contributed by atoms with E-state index in [2.05, 4.69) is 95.0 Å². The van der Waals surface area contributed by atoms with Gasteiger partial charge in [-0.25, -0.2) is 8.51 Å². The molecule has 0 spiro atoms. The summed E-state index contributed by atoms with van der Waals surface area (Å²) in [6, 6.07) is 10.6. The van der Waals surface area contributed by atoms with Crippen LogP contribution in [0, 0.1) is 5.41 Å². The second kappa shape index (κ2) is 11.7. The molecule has 0 amide bonds. The van der Waals surface area contributed by atoms with Crippen molar-refractivity contribution in [1.29, 1.82) is 0 Å². The van der Waals surface area contributed by atoms with Gasteiger partial charge in [-0.3, -0.25) is 0 Å². The predicted octanol–water partition coefficient (Wildman–Crippen LogP) is 5.47. The van der Waals surface area contributed by atoms with Crippen molar-refractivity contribution in [3.8, 4) is 0 Å². The Morgan fingerprint density at radius 1 is 1.04 bits per heavy atom. The molecule has 0 N–H and O–H groups in total. The first-order valence-corrected chi connectivity index (χ1v) is 12.4. The van der Waals surface area contributed by atoms with Gasteiger partial charge < -0.3 is 4.48 Å². The number of rotatable bonds is 9. The smallest absolute Gasteiger partial charge is 0.104 e. The molecule has 1 atom stereocenters. The van der Waals surface area contributed by atoms with Gasteiger partial charge in [-0.15, -0.1) is 0 Å². The Balaban J connectivity index is 0.00000326. The fourth-order valence-corrected chi connectivity index (χ4v) is 5.42. The number of quaternary nitrogens is 1. The van der Waals surface area contributed by atoms with Crippen LogP contribution >= 0.6 is 15.9 Å². The number of hydrogen-bond donors (Lipinski definition) is 0. The molecule has 0 aliphatic rings. The number of nitrogens with zero attached hydrogens (tertiary/aromatic N) is 2. The topological polar surface area (TPSA) is 20.3 Å². The Hall–Kier alpha value is -0.230. The van der Waals surface area contributed by atoms with Crippen LogP contribution in [0.15, 0.2) is 30.3 Å². The van der Waals surface area contributed by atoms with Gasteiger partial charge in [-0.1, -0.05) is 67.0 Å². The van der Waals surface area contributed by atoms with E-state index in [1.54, 1.807) is 0 Å². The van der Waals surface area contributed by atoms with Crippen molar-refractivity contribution in [2.24, 2.45) is 5.41 Å². The minimum absolute atomic E-state index is 0.189. The van der Waals surface area contributed by atoms with E-state index in [1.165, 1.54) is 5.56 Å². The molecule has 0 radical (unpaired) electrons. The van der Waals surface area contributed by atoms with Crippen LogP contribution in [0.25, 0.3) is 0 Å². The van der Waals surface area contributed by atoms with E-state index < -0.39 is 11.0 Å². The van der Waals surface area contributed by atoms with Crippen molar-refractivity contribution >= 4 is 26.9 Å². The van der Waals surface area contributed by atoms with E-state index in [-0.39, 0.29) is 10.2 Å². The summed E-state index contributed by atoms with van der Waals surface area (Å²) < 4.78 is 15.7. The molecule has 1 aromatic carbocycles. The molecule has 0 saturated heterocycles. The van der Waals surface area contributed by atoms with Gasteiger partial charge >= 0.3 is 0 Å². The summed E-state index contributed by atoms with van der Waals surface area (Å²) in [4.78, 5) is 0. The Kier molecular flexibility index (Phi) is 11.6. The van der Waals surface area contributed by atoms with Crippen LogP contribution in [0.4, 0.5) is 0 Å². The molecule has 0 aliphatic heterocycles. The molecule has 1 rings (SSSR count). The van der Waals surface area contributed by atoms with Crippen LogP contribution in [-0.2, 0) is 17.5 Å². The highest BCUT2D eigenvalue weighted by atomic mass is 79.9. The lowest BCUT2D eigenvalue weighted by Crippen LogP contribution is -2.43. The molecule has 1 aromatic rings. The number of benzene rings is 1. The predicted molar refractivity (Wildman–Crippen MR) is 126 cm³/mol. The molecular formula is C22H42BrN2OS+. The molecule has 0 fully saturated rings. The van der Waals surface area contributed by atoms with Crippen molar-refractivity contribution in [3.63, 3.8) is 0 Å². The summed E-state index contributed by atoms with van der Waals surface area (Å²) in [5.41, 5.74) is 1.56. The van der Waals surface area contributed by atoms with Gasteiger partial charge in [-0.2, -0.15) is 0 Å². The first-order valence-electron chi connectivity index (χ1n) is 9.69. The fraction of sp³-hybridized carbons (Fsp3) is 0.727. The van der Waals surface area contributed by atoms with E-state index in [4.69, 9.17) is 0 Å². The largest absolute Gasteiger partial charge is 0.325 e. The number of alkyl halides is 1. The van der Waals surface area contributed by atoms with E-state index in [9.17, 15) is 4.21 Å². The molecule has 1 unspecified atom stereocenters. The normalized spacial score (nSPS) is 13.9. The van der Waals surface area contributed by atoms with Crippen LogP contribution in [0.2, 0.25) is 0 Å². The lowest BCUT2D eigenvalue weighted by molar-refractivity contribution is -0.903. The highest BCUT2D eigenvalue weighted by Gasteiger charge is 2.33. The molecule has 0 aliphatic carbocycles. The summed E-state index contributed by atoms with van der Waals surface area (Å²) in [5, 5.41) is 0. The maximum atomic E-state index is 12.9.